The van der Waals surface area contributed by atoms with Gasteiger partial charge in [-0.3, -0.25) is 10.2 Å². The lowest BCUT2D eigenvalue weighted by Gasteiger charge is -2.15. The average Bonchev–Trinajstić information content (AvgIpc) is 2.17. The van der Waals surface area contributed by atoms with Gasteiger partial charge in [0.2, 0.25) is 0 Å². The Morgan fingerprint density at radius 3 is 2.53 bits per heavy atom. The number of hydrogen-bond donors (Lipinski definition) is 1. The lowest BCUT2D eigenvalue weighted by Crippen LogP contribution is -2.15. The minimum Gasteiger partial charge on any atom is -0.481 e. The molecule has 0 aromatic heterocycles. The van der Waals surface area contributed by atoms with Crippen LogP contribution in [0.1, 0.15) is 52.9 Å². The highest BCUT2D eigenvalue weighted by Gasteiger charge is 2.08. The van der Waals surface area contributed by atoms with Crippen LogP contribution in [0.3, 0.4) is 0 Å². The van der Waals surface area contributed by atoms with Crippen molar-refractivity contribution in [3.8, 4) is 0 Å². The number of unbranched alkanes of at least 4 members (excludes halogenated alkanes) is 1. The quantitative estimate of drug-likeness (QED) is 0.497. The van der Waals surface area contributed by atoms with E-state index in [4.69, 9.17) is 10.1 Å². The second kappa shape index (κ2) is 8.45. The second-order valence-electron chi connectivity index (χ2n) is 4.03. The molecule has 0 amide bonds. The van der Waals surface area contributed by atoms with E-state index in [1.165, 1.54) is 19.8 Å². The molecule has 0 aromatic carbocycles. The normalized spacial score (nSPS) is 12.2. The Bertz CT molecular complexity index is 202. The van der Waals surface area contributed by atoms with Crippen LogP contribution in [0.4, 0.5) is 0 Å². The maximum Gasteiger partial charge on any atom is 0.187 e. The van der Waals surface area contributed by atoms with Crippen molar-refractivity contribution in [1.82, 2.24) is 0 Å². The molecule has 1 N–H and O–H groups in total. The predicted octanol–water partition coefficient (Wildman–Crippen LogP) is 3.18. The molecule has 0 heterocycles. The van der Waals surface area contributed by atoms with E-state index in [9.17, 15) is 4.79 Å². The van der Waals surface area contributed by atoms with Crippen molar-refractivity contribution in [2.45, 2.75) is 52.9 Å². The monoisotopic (exact) mass is 213 g/mol. The Labute approximate surface area is 92.7 Å². The number of rotatable bonds is 8. The van der Waals surface area contributed by atoms with E-state index in [-0.39, 0.29) is 18.1 Å². The molecule has 0 fully saturated rings. The van der Waals surface area contributed by atoms with Crippen molar-refractivity contribution in [3.63, 3.8) is 0 Å². The van der Waals surface area contributed by atoms with Crippen LogP contribution < -0.4 is 0 Å². The minimum absolute atomic E-state index is 0.0124. The molecule has 0 aliphatic rings. The highest BCUT2D eigenvalue weighted by atomic mass is 16.5. The molecule has 1 atom stereocenters. The molecule has 0 aliphatic heterocycles. The third-order valence-corrected chi connectivity index (χ3v) is 2.45. The summed E-state index contributed by atoms with van der Waals surface area (Å²) in [4.78, 5) is 10.7. The van der Waals surface area contributed by atoms with Gasteiger partial charge in [0.15, 0.2) is 5.90 Å². The molecule has 3 heteroatoms. The van der Waals surface area contributed by atoms with E-state index < -0.39 is 0 Å². The third-order valence-electron chi connectivity index (χ3n) is 2.45. The first-order valence-electron chi connectivity index (χ1n) is 5.79. The van der Waals surface area contributed by atoms with Crippen molar-refractivity contribution in [1.29, 1.82) is 5.41 Å². The van der Waals surface area contributed by atoms with Crippen LogP contribution in [0.15, 0.2) is 0 Å². The van der Waals surface area contributed by atoms with E-state index in [0.29, 0.717) is 12.5 Å². The topological polar surface area (TPSA) is 50.1 Å². The molecule has 0 rings (SSSR count). The molecule has 3 nitrogen and oxygen atoms in total. The fourth-order valence-corrected chi connectivity index (χ4v) is 1.39. The lowest BCUT2D eigenvalue weighted by molar-refractivity contribution is -0.116. The van der Waals surface area contributed by atoms with Crippen molar-refractivity contribution in [2.75, 3.05) is 6.61 Å². The van der Waals surface area contributed by atoms with Gasteiger partial charge in [-0.25, -0.2) is 0 Å². The van der Waals surface area contributed by atoms with Crippen LogP contribution in [0.5, 0.6) is 0 Å². The SMILES string of the molecule is CCCCC(CC)COC(=N)CC(C)=O. The zero-order chi connectivity index (χ0) is 11.7. The highest BCUT2D eigenvalue weighted by Crippen LogP contribution is 2.13. The molecule has 0 aliphatic carbocycles. The summed E-state index contributed by atoms with van der Waals surface area (Å²) < 4.78 is 5.27. The third kappa shape index (κ3) is 8.16. The van der Waals surface area contributed by atoms with Crippen LogP contribution in [0.2, 0.25) is 0 Å². The Morgan fingerprint density at radius 2 is 2.07 bits per heavy atom. The van der Waals surface area contributed by atoms with Gasteiger partial charge in [0.25, 0.3) is 0 Å². The molecule has 0 saturated carbocycles. The zero-order valence-electron chi connectivity index (χ0n) is 10.1. The van der Waals surface area contributed by atoms with Gasteiger partial charge in [0.1, 0.15) is 5.78 Å². The fourth-order valence-electron chi connectivity index (χ4n) is 1.39. The van der Waals surface area contributed by atoms with Gasteiger partial charge in [-0.1, -0.05) is 33.1 Å². The summed E-state index contributed by atoms with van der Waals surface area (Å²) in [6, 6.07) is 0. The minimum atomic E-state index is -0.0124. The van der Waals surface area contributed by atoms with Gasteiger partial charge in [-0.2, -0.15) is 0 Å². The summed E-state index contributed by atoms with van der Waals surface area (Å²) in [5, 5.41) is 7.42. The zero-order valence-corrected chi connectivity index (χ0v) is 10.1. The van der Waals surface area contributed by atoms with Gasteiger partial charge in [0.05, 0.1) is 13.0 Å². The van der Waals surface area contributed by atoms with E-state index >= 15 is 0 Å². The van der Waals surface area contributed by atoms with Gasteiger partial charge >= 0.3 is 0 Å². The molecular formula is C12H23NO2. The van der Waals surface area contributed by atoms with Crippen LogP contribution >= 0.6 is 0 Å². The molecule has 88 valence electrons. The lowest BCUT2D eigenvalue weighted by atomic mass is 10.0. The number of ether oxygens (including phenoxy) is 1. The van der Waals surface area contributed by atoms with Crippen molar-refractivity contribution in [2.24, 2.45) is 5.92 Å². The van der Waals surface area contributed by atoms with E-state index in [1.807, 2.05) is 0 Å². The molecule has 0 aromatic rings. The highest BCUT2D eigenvalue weighted by molar-refractivity contribution is 5.95. The van der Waals surface area contributed by atoms with Crippen molar-refractivity contribution in [3.05, 3.63) is 0 Å². The summed E-state index contributed by atoms with van der Waals surface area (Å²) in [5.74, 6) is 0.622. The first-order valence-corrected chi connectivity index (χ1v) is 5.79. The summed E-state index contributed by atoms with van der Waals surface area (Å²) in [6.07, 6.45) is 4.77. The summed E-state index contributed by atoms with van der Waals surface area (Å²) in [5.41, 5.74) is 0. The maximum absolute atomic E-state index is 10.7. The Hall–Kier alpha value is -0.860. The average molecular weight is 213 g/mol. The van der Waals surface area contributed by atoms with Crippen LogP contribution in [0.25, 0.3) is 0 Å². The summed E-state index contributed by atoms with van der Waals surface area (Å²) >= 11 is 0. The van der Waals surface area contributed by atoms with E-state index in [0.717, 1.165) is 12.8 Å². The van der Waals surface area contributed by atoms with Gasteiger partial charge in [-0.05, 0) is 19.3 Å². The van der Waals surface area contributed by atoms with Crippen LogP contribution in [0, 0.1) is 11.3 Å². The van der Waals surface area contributed by atoms with Crippen molar-refractivity contribution >= 4 is 11.7 Å². The molecular weight excluding hydrogens is 190 g/mol. The number of ketones is 1. The second-order valence-corrected chi connectivity index (χ2v) is 4.03. The number of Topliss-reactive ketones (excluding diaryl/α,β-unsaturated/α-hetero) is 1. The van der Waals surface area contributed by atoms with Gasteiger partial charge in [0, 0.05) is 0 Å². The predicted molar refractivity (Wildman–Crippen MR) is 62.3 cm³/mol. The van der Waals surface area contributed by atoms with E-state index in [2.05, 4.69) is 13.8 Å². The molecule has 0 saturated heterocycles. The van der Waals surface area contributed by atoms with Crippen LogP contribution in [-0.2, 0) is 9.53 Å². The van der Waals surface area contributed by atoms with E-state index in [1.54, 1.807) is 0 Å². The Kier molecular flexibility index (Phi) is 7.96. The smallest absolute Gasteiger partial charge is 0.187 e. The molecule has 0 bridgehead atoms. The Balaban J connectivity index is 3.69. The maximum atomic E-state index is 10.7. The number of carbonyl (C=O) groups is 1. The molecule has 15 heavy (non-hydrogen) atoms. The number of nitrogens with one attached hydrogen (secondary N) is 1. The summed E-state index contributed by atoms with van der Waals surface area (Å²) in [6.45, 7) is 6.37. The first kappa shape index (κ1) is 14.1. The molecule has 1 unspecified atom stereocenters. The molecule has 0 radical (unpaired) electrons. The number of carbonyl (C=O) groups excluding carboxylic acids is 1. The largest absolute Gasteiger partial charge is 0.481 e. The molecule has 0 spiro atoms. The fraction of sp³-hybridized carbons (Fsp3) is 0.833. The first-order chi connectivity index (χ1) is 7.10. The van der Waals surface area contributed by atoms with Gasteiger partial charge in [-0.15, -0.1) is 0 Å². The number of hydrogen-bond acceptors (Lipinski definition) is 3. The van der Waals surface area contributed by atoms with Crippen molar-refractivity contribution < 1.29 is 9.53 Å². The standard InChI is InChI=1S/C12H23NO2/c1-4-6-7-11(5-2)9-15-12(13)8-10(3)14/h11,13H,4-9H2,1-3H3. The Morgan fingerprint density at radius 1 is 1.40 bits per heavy atom. The van der Waals surface area contributed by atoms with Crippen LogP contribution in [-0.4, -0.2) is 18.3 Å². The van der Waals surface area contributed by atoms with Gasteiger partial charge < -0.3 is 4.74 Å². The summed E-state index contributed by atoms with van der Waals surface area (Å²) in [7, 11) is 0.